The van der Waals surface area contributed by atoms with Crippen LogP contribution in [-0.2, 0) is 9.59 Å². The lowest BCUT2D eigenvalue weighted by molar-refractivity contribution is -0.145. The second-order valence-electron chi connectivity index (χ2n) is 7.20. The zero-order chi connectivity index (χ0) is 15.4. The topological polar surface area (TPSA) is 57.6 Å². The molecule has 0 aromatic heterocycles. The molecule has 2 rings (SSSR count). The van der Waals surface area contributed by atoms with Gasteiger partial charge in [-0.2, -0.15) is 0 Å². The smallest absolute Gasteiger partial charge is 0.306 e. The van der Waals surface area contributed by atoms with E-state index in [0.29, 0.717) is 18.4 Å². The van der Waals surface area contributed by atoms with Crippen LogP contribution in [0, 0.1) is 17.8 Å². The van der Waals surface area contributed by atoms with Crippen molar-refractivity contribution in [1.82, 2.24) is 4.90 Å². The Morgan fingerprint density at radius 3 is 2.52 bits per heavy atom. The number of carboxylic acids is 1. The summed E-state index contributed by atoms with van der Waals surface area (Å²) in [5.74, 6) is -0.199. The van der Waals surface area contributed by atoms with Gasteiger partial charge in [0.05, 0.1) is 5.92 Å². The Kier molecular flexibility index (Phi) is 5.65. The molecule has 1 aliphatic heterocycles. The van der Waals surface area contributed by atoms with Crippen molar-refractivity contribution in [1.29, 1.82) is 0 Å². The zero-order valence-electron chi connectivity index (χ0n) is 13.4. The van der Waals surface area contributed by atoms with Crippen LogP contribution in [0.25, 0.3) is 0 Å². The molecule has 4 heteroatoms. The van der Waals surface area contributed by atoms with Gasteiger partial charge in [-0.05, 0) is 50.9 Å². The maximum absolute atomic E-state index is 12.8. The summed E-state index contributed by atoms with van der Waals surface area (Å²) in [7, 11) is 0. The molecule has 3 unspecified atom stereocenters. The quantitative estimate of drug-likeness (QED) is 0.846. The molecular weight excluding hydrogens is 266 g/mol. The molecule has 0 aromatic rings. The van der Waals surface area contributed by atoms with Crippen LogP contribution in [-0.4, -0.2) is 34.5 Å². The second-order valence-corrected chi connectivity index (χ2v) is 7.20. The second kappa shape index (κ2) is 7.28. The fraction of sp³-hybridized carbons (Fsp3) is 0.882. The Bertz CT molecular complexity index is 380. The van der Waals surface area contributed by atoms with E-state index in [1.165, 1.54) is 0 Å². The van der Waals surface area contributed by atoms with Crippen molar-refractivity contribution in [3.05, 3.63) is 0 Å². The van der Waals surface area contributed by atoms with Crippen molar-refractivity contribution in [2.75, 3.05) is 6.54 Å². The maximum atomic E-state index is 12.8. The highest BCUT2D eigenvalue weighted by atomic mass is 16.4. The minimum Gasteiger partial charge on any atom is -0.481 e. The lowest BCUT2D eigenvalue weighted by Gasteiger charge is -2.32. The average Bonchev–Trinajstić information content (AvgIpc) is 2.92. The number of hydrogen-bond acceptors (Lipinski definition) is 2. The fourth-order valence-electron chi connectivity index (χ4n) is 3.82. The number of likely N-dealkylation sites (tertiary alicyclic amines) is 1. The van der Waals surface area contributed by atoms with Gasteiger partial charge in [0.2, 0.25) is 5.91 Å². The molecule has 4 nitrogen and oxygen atoms in total. The Balaban J connectivity index is 1.93. The summed E-state index contributed by atoms with van der Waals surface area (Å²) in [6.45, 7) is 5.31. The molecule has 1 N–H and O–H groups in total. The predicted molar refractivity (Wildman–Crippen MR) is 81.9 cm³/mol. The van der Waals surface area contributed by atoms with Crippen molar-refractivity contribution >= 4 is 11.9 Å². The first-order valence-corrected chi connectivity index (χ1v) is 8.52. The number of carboxylic acid groups (broad SMARTS) is 1. The molecule has 3 atom stereocenters. The van der Waals surface area contributed by atoms with Crippen LogP contribution in [0.1, 0.15) is 65.2 Å². The van der Waals surface area contributed by atoms with Crippen molar-refractivity contribution in [3.8, 4) is 0 Å². The molecule has 21 heavy (non-hydrogen) atoms. The Labute approximate surface area is 127 Å². The molecule has 1 saturated carbocycles. The van der Waals surface area contributed by atoms with E-state index in [-0.39, 0.29) is 17.7 Å². The van der Waals surface area contributed by atoms with Crippen LogP contribution in [0.15, 0.2) is 0 Å². The van der Waals surface area contributed by atoms with Gasteiger partial charge in [-0.3, -0.25) is 9.59 Å². The number of hydrogen-bond donors (Lipinski definition) is 1. The summed E-state index contributed by atoms with van der Waals surface area (Å²) in [6.07, 6.45) is 7.50. The van der Waals surface area contributed by atoms with Crippen LogP contribution in [0.4, 0.5) is 0 Å². The highest BCUT2D eigenvalue weighted by molar-refractivity contribution is 5.80. The summed E-state index contributed by atoms with van der Waals surface area (Å²) in [5, 5.41) is 9.18. The standard InChI is InChI=1S/C17H29NO3/c1-12(2)8-9-15-7-4-10-18(15)16(19)13-5-3-6-14(11-13)17(20)21/h12-15H,3-11H2,1-2H3,(H,20,21). The fourth-order valence-corrected chi connectivity index (χ4v) is 3.82. The summed E-state index contributed by atoms with van der Waals surface area (Å²) < 4.78 is 0. The third kappa shape index (κ3) is 4.21. The van der Waals surface area contributed by atoms with Crippen molar-refractivity contribution in [3.63, 3.8) is 0 Å². The lowest BCUT2D eigenvalue weighted by atomic mass is 9.80. The Hall–Kier alpha value is -1.06. The van der Waals surface area contributed by atoms with E-state index in [1.807, 2.05) is 0 Å². The summed E-state index contributed by atoms with van der Waals surface area (Å²) >= 11 is 0. The van der Waals surface area contributed by atoms with Crippen LogP contribution in [0.3, 0.4) is 0 Å². The largest absolute Gasteiger partial charge is 0.481 e. The Morgan fingerprint density at radius 1 is 1.14 bits per heavy atom. The van der Waals surface area contributed by atoms with E-state index in [4.69, 9.17) is 0 Å². The molecule has 2 fully saturated rings. The highest BCUT2D eigenvalue weighted by Gasteiger charge is 2.36. The van der Waals surface area contributed by atoms with Gasteiger partial charge in [-0.1, -0.05) is 20.3 Å². The molecule has 1 amide bonds. The minimum atomic E-state index is -0.731. The molecule has 0 spiro atoms. The SMILES string of the molecule is CC(C)CCC1CCCN1C(=O)C1CCCC(C(=O)O)C1. The molecule has 2 aliphatic rings. The first kappa shape index (κ1) is 16.3. The lowest BCUT2D eigenvalue weighted by Crippen LogP contribution is -2.41. The number of amides is 1. The van der Waals surface area contributed by atoms with Crippen LogP contribution < -0.4 is 0 Å². The average molecular weight is 295 g/mol. The van der Waals surface area contributed by atoms with Gasteiger partial charge in [0, 0.05) is 18.5 Å². The van der Waals surface area contributed by atoms with Gasteiger partial charge < -0.3 is 10.0 Å². The molecule has 1 heterocycles. The van der Waals surface area contributed by atoms with Crippen molar-refractivity contribution < 1.29 is 14.7 Å². The third-order valence-electron chi connectivity index (χ3n) is 5.11. The summed E-state index contributed by atoms with van der Waals surface area (Å²) in [4.78, 5) is 26.0. The molecule has 1 aliphatic carbocycles. The number of rotatable bonds is 5. The van der Waals surface area contributed by atoms with Crippen LogP contribution >= 0.6 is 0 Å². The first-order valence-electron chi connectivity index (χ1n) is 8.52. The molecule has 1 saturated heterocycles. The van der Waals surface area contributed by atoms with Gasteiger partial charge in [-0.15, -0.1) is 0 Å². The summed E-state index contributed by atoms with van der Waals surface area (Å²) in [6, 6.07) is 0.394. The number of aliphatic carboxylic acids is 1. The summed E-state index contributed by atoms with van der Waals surface area (Å²) in [5.41, 5.74) is 0. The zero-order valence-corrected chi connectivity index (χ0v) is 13.4. The number of nitrogens with zero attached hydrogens (tertiary/aromatic N) is 1. The predicted octanol–water partition coefficient (Wildman–Crippen LogP) is 3.30. The van der Waals surface area contributed by atoms with E-state index in [9.17, 15) is 14.7 Å². The molecule has 0 aromatic carbocycles. The van der Waals surface area contributed by atoms with Gasteiger partial charge >= 0.3 is 5.97 Å². The molecule has 0 bridgehead atoms. The van der Waals surface area contributed by atoms with E-state index >= 15 is 0 Å². The van der Waals surface area contributed by atoms with Gasteiger partial charge in [0.15, 0.2) is 0 Å². The van der Waals surface area contributed by atoms with Crippen molar-refractivity contribution in [2.24, 2.45) is 17.8 Å². The monoisotopic (exact) mass is 295 g/mol. The van der Waals surface area contributed by atoms with Gasteiger partial charge in [0.1, 0.15) is 0 Å². The molecule has 0 radical (unpaired) electrons. The first-order chi connectivity index (χ1) is 9.99. The van der Waals surface area contributed by atoms with Crippen LogP contribution in [0.5, 0.6) is 0 Å². The van der Waals surface area contributed by atoms with E-state index in [2.05, 4.69) is 18.7 Å². The van der Waals surface area contributed by atoms with E-state index in [1.54, 1.807) is 0 Å². The third-order valence-corrected chi connectivity index (χ3v) is 5.11. The minimum absolute atomic E-state index is 0.0560. The van der Waals surface area contributed by atoms with E-state index < -0.39 is 5.97 Å². The normalized spacial score (nSPS) is 29.9. The molecular formula is C17H29NO3. The molecule has 120 valence electrons. The Morgan fingerprint density at radius 2 is 1.86 bits per heavy atom. The van der Waals surface area contributed by atoms with E-state index in [0.717, 1.165) is 51.5 Å². The number of carbonyl (C=O) groups is 2. The van der Waals surface area contributed by atoms with Crippen molar-refractivity contribution in [2.45, 2.75) is 71.3 Å². The van der Waals surface area contributed by atoms with Gasteiger partial charge in [-0.25, -0.2) is 0 Å². The maximum Gasteiger partial charge on any atom is 0.306 e. The van der Waals surface area contributed by atoms with Crippen LogP contribution in [0.2, 0.25) is 0 Å². The highest BCUT2D eigenvalue weighted by Crippen LogP contribution is 2.33. The number of carbonyl (C=O) groups excluding carboxylic acids is 1. The van der Waals surface area contributed by atoms with Gasteiger partial charge in [0.25, 0.3) is 0 Å².